The van der Waals surface area contributed by atoms with E-state index in [0.717, 1.165) is 36.8 Å². The van der Waals surface area contributed by atoms with Crippen molar-refractivity contribution in [1.29, 1.82) is 0 Å². The highest BCUT2D eigenvalue weighted by molar-refractivity contribution is 5.86. The van der Waals surface area contributed by atoms with Gasteiger partial charge < -0.3 is 20.1 Å². The highest BCUT2D eigenvalue weighted by Crippen LogP contribution is 2.44. The molecular formula is C28H32N2O5. The summed E-state index contributed by atoms with van der Waals surface area (Å²) < 4.78 is 5.63. The molecule has 5 rings (SSSR count). The van der Waals surface area contributed by atoms with Gasteiger partial charge in [-0.2, -0.15) is 0 Å². The number of alkyl carbamates (subject to hydrolysis) is 1. The lowest BCUT2D eigenvalue weighted by Gasteiger charge is -2.30. The predicted molar refractivity (Wildman–Crippen MR) is 131 cm³/mol. The van der Waals surface area contributed by atoms with Crippen LogP contribution in [0.5, 0.6) is 0 Å². The summed E-state index contributed by atoms with van der Waals surface area (Å²) in [5.41, 5.74) is 4.62. The Morgan fingerprint density at radius 2 is 1.60 bits per heavy atom. The number of ether oxygens (including phenoxy) is 1. The molecule has 0 spiro atoms. The number of hydrogen-bond acceptors (Lipinski definition) is 4. The molecule has 35 heavy (non-hydrogen) atoms. The first-order chi connectivity index (χ1) is 16.9. The maximum Gasteiger partial charge on any atom is 0.407 e. The molecule has 3 aliphatic rings. The molecule has 7 nitrogen and oxygen atoms in total. The monoisotopic (exact) mass is 476 g/mol. The summed E-state index contributed by atoms with van der Waals surface area (Å²) in [7, 11) is 0. The second-order valence-corrected chi connectivity index (χ2v) is 10.1. The molecular weight excluding hydrogens is 444 g/mol. The summed E-state index contributed by atoms with van der Waals surface area (Å²) in [4.78, 5) is 39.1. The lowest BCUT2D eigenvalue weighted by atomic mass is 9.98. The third kappa shape index (κ3) is 5.04. The Balaban J connectivity index is 1.21. The molecule has 0 aromatic heterocycles. The van der Waals surface area contributed by atoms with E-state index in [4.69, 9.17) is 4.74 Å². The number of carbonyl (C=O) groups excluding carboxylic acids is 2. The summed E-state index contributed by atoms with van der Waals surface area (Å²) in [5, 5.41) is 12.3. The maximum atomic E-state index is 13.4. The number of benzene rings is 2. The number of carboxylic acid groups (broad SMARTS) is 1. The minimum Gasteiger partial charge on any atom is -0.480 e. The second-order valence-electron chi connectivity index (χ2n) is 10.1. The fourth-order valence-electron chi connectivity index (χ4n) is 5.25. The lowest BCUT2D eigenvalue weighted by molar-refractivity contribution is -0.152. The third-order valence-corrected chi connectivity index (χ3v) is 7.47. The van der Waals surface area contributed by atoms with E-state index in [2.05, 4.69) is 29.6 Å². The zero-order valence-corrected chi connectivity index (χ0v) is 20.0. The van der Waals surface area contributed by atoms with Gasteiger partial charge in [-0.3, -0.25) is 4.79 Å². The van der Waals surface area contributed by atoms with Crippen LogP contribution in [0.25, 0.3) is 11.1 Å². The molecule has 2 saturated carbocycles. The van der Waals surface area contributed by atoms with Crippen molar-refractivity contribution < 1.29 is 24.2 Å². The van der Waals surface area contributed by atoms with Crippen LogP contribution >= 0.6 is 0 Å². The first kappa shape index (κ1) is 23.4. The average molecular weight is 477 g/mol. The molecule has 0 radical (unpaired) electrons. The van der Waals surface area contributed by atoms with Gasteiger partial charge in [-0.15, -0.1) is 0 Å². The molecule has 2 unspecified atom stereocenters. The van der Waals surface area contributed by atoms with E-state index in [1.165, 1.54) is 16.0 Å². The molecule has 2 aromatic rings. The van der Waals surface area contributed by atoms with Crippen molar-refractivity contribution in [3.63, 3.8) is 0 Å². The summed E-state index contributed by atoms with van der Waals surface area (Å²) in [6.07, 6.45) is 3.93. The van der Waals surface area contributed by atoms with Gasteiger partial charge in [0, 0.05) is 18.5 Å². The van der Waals surface area contributed by atoms with Gasteiger partial charge in [0.25, 0.3) is 0 Å². The van der Waals surface area contributed by atoms with Crippen LogP contribution in [0.3, 0.4) is 0 Å². The molecule has 184 valence electrons. The first-order valence-electron chi connectivity index (χ1n) is 12.6. The number of nitrogens with one attached hydrogen (secondary N) is 1. The second kappa shape index (κ2) is 9.72. The molecule has 0 bridgehead atoms. The number of fused-ring (bicyclic) bond motifs is 3. The minimum absolute atomic E-state index is 0.00948. The van der Waals surface area contributed by atoms with E-state index in [-0.39, 0.29) is 31.0 Å². The van der Waals surface area contributed by atoms with Crippen LogP contribution in [0.15, 0.2) is 48.5 Å². The van der Waals surface area contributed by atoms with Crippen molar-refractivity contribution in [1.82, 2.24) is 10.2 Å². The van der Waals surface area contributed by atoms with Gasteiger partial charge in [-0.1, -0.05) is 61.4 Å². The molecule has 2 atom stereocenters. The average Bonchev–Trinajstić information content (AvgIpc) is 3.79. The van der Waals surface area contributed by atoms with E-state index in [0.29, 0.717) is 12.3 Å². The fourth-order valence-corrected chi connectivity index (χ4v) is 5.25. The first-order valence-corrected chi connectivity index (χ1v) is 12.6. The van der Waals surface area contributed by atoms with Crippen molar-refractivity contribution in [2.24, 2.45) is 11.8 Å². The zero-order valence-electron chi connectivity index (χ0n) is 20.0. The Bertz CT molecular complexity index is 1080. The topological polar surface area (TPSA) is 95.9 Å². The van der Waals surface area contributed by atoms with E-state index in [9.17, 15) is 19.5 Å². The highest BCUT2D eigenvalue weighted by Gasteiger charge is 2.42. The number of nitrogens with zero attached hydrogens (tertiary/aromatic N) is 1. The predicted octanol–water partition coefficient (Wildman–Crippen LogP) is 4.41. The number of carbonyl (C=O) groups is 3. The van der Waals surface area contributed by atoms with Crippen molar-refractivity contribution in [2.45, 2.75) is 57.0 Å². The summed E-state index contributed by atoms with van der Waals surface area (Å²) in [5.74, 6) is -1.17. The van der Waals surface area contributed by atoms with E-state index < -0.39 is 24.0 Å². The Morgan fingerprint density at radius 1 is 1.00 bits per heavy atom. The van der Waals surface area contributed by atoms with E-state index in [1.54, 1.807) is 6.92 Å². The van der Waals surface area contributed by atoms with Crippen LogP contribution < -0.4 is 5.32 Å². The molecule has 3 aliphatic carbocycles. The molecule has 0 saturated heterocycles. The summed E-state index contributed by atoms with van der Waals surface area (Å²) in [6, 6.07) is 15.5. The molecule has 2 fully saturated rings. The summed E-state index contributed by atoms with van der Waals surface area (Å²) >= 11 is 0. The highest BCUT2D eigenvalue weighted by atomic mass is 16.5. The molecule has 0 heterocycles. The van der Waals surface area contributed by atoms with Gasteiger partial charge in [0.05, 0.1) is 5.92 Å². The molecule has 2 N–H and O–H groups in total. The smallest absolute Gasteiger partial charge is 0.407 e. The SMILES string of the molecule is CC(C(=O)O)N(C(=O)C(CNC(=O)OCC1c2ccccc2-c2ccccc21)CC1CC1)C1CC1. The third-order valence-electron chi connectivity index (χ3n) is 7.47. The quantitative estimate of drug-likeness (QED) is 0.530. The Hall–Kier alpha value is -3.35. The number of carboxylic acids is 1. The van der Waals surface area contributed by atoms with Gasteiger partial charge >= 0.3 is 12.1 Å². The largest absolute Gasteiger partial charge is 0.480 e. The van der Waals surface area contributed by atoms with Crippen LogP contribution in [0, 0.1) is 11.8 Å². The lowest BCUT2D eigenvalue weighted by Crippen LogP contribution is -2.49. The number of rotatable bonds is 10. The number of amides is 2. The normalized spacial score (nSPS) is 18.2. The van der Waals surface area contributed by atoms with Gasteiger partial charge in [0.15, 0.2) is 0 Å². The standard InChI is InChI=1S/C28H32N2O5/c1-17(27(32)33)30(20-12-13-20)26(31)19(14-18-10-11-18)15-29-28(34)35-16-25-23-8-4-2-6-21(23)22-7-3-5-9-24(22)25/h2-9,17-20,25H,10-16H2,1H3,(H,29,34)(H,32,33). The zero-order chi connectivity index (χ0) is 24.5. The molecule has 7 heteroatoms. The van der Waals surface area contributed by atoms with Crippen LogP contribution in [0.1, 0.15) is 56.1 Å². The van der Waals surface area contributed by atoms with Crippen LogP contribution in [0.2, 0.25) is 0 Å². The number of aliphatic carboxylic acids is 1. The van der Waals surface area contributed by atoms with Gasteiger partial charge in [-0.05, 0) is 54.4 Å². The van der Waals surface area contributed by atoms with Crippen molar-refractivity contribution in [3.8, 4) is 11.1 Å². The van der Waals surface area contributed by atoms with Crippen LogP contribution in [-0.2, 0) is 14.3 Å². The van der Waals surface area contributed by atoms with Crippen LogP contribution in [-0.4, -0.2) is 53.2 Å². The minimum atomic E-state index is -1.00. The molecule has 2 amide bonds. The van der Waals surface area contributed by atoms with E-state index in [1.807, 2.05) is 24.3 Å². The molecule has 0 aliphatic heterocycles. The van der Waals surface area contributed by atoms with Crippen molar-refractivity contribution in [3.05, 3.63) is 59.7 Å². The Kier molecular flexibility index (Phi) is 6.50. The number of hydrogen-bond donors (Lipinski definition) is 2. The van der Waals surface area contributed by atoms with Gasteiger partial charge in [0.2, 0.25) is 5.91 Å². The van der Waals surface area contributed by atoms with Crippen molar-refractivity contribution >= 4 is 18.0 Å². The van der Waals surface area contributed by atoms with Gasteiger partial charge in [-0.25, -0.2) is 9.59 Å². The molecule has 2 aromatic carbocycles. The van der Waals surface area contributed by atoms with Crippen molar-refractivity contribution in [2.75, 3.05) is 13.2 Å². The van der Waals surface area contributed by atoms with Crippen LogP contribution in [0.4, 0.5) is 4.79 Å². The maximum absolute atomic E-state index is 13.4. The Morgan fingerprint density at radius 3 is 2.14 bits per heavy atom. The fraction of sp³-hybridized carbons (Fsp3) is 0.464. The summed E-state index contributed by atoms with van der Waals surface area (Å²) in [6.45, 7) is 1.93. The van der Waals surface area contributed by atoms with E-state index >= 15 is 0 Å². The van der Waals surface area contributed by atoms with Gasteiger partial charge in [0.1, 0.15) is 12.6 Å². The Labute approximate surface area is 205 Å².